The number of amidine groups is 1. The van der Waals surface area contributed by atoms with Crippen molar-refractivity contribution in [3.63, 3.8) is 0 Å². The number of aromatic nitrogens is 1. The van der Waals surface area contributed by atoms with Crippen molar-refractivity contribution in [3.05, 3.63) is 15.5 Å². The van der Waals surface area contributed by atoms with E-state index in [-0.39, 0.29) is 0 Å². The Bertz CT molecular complexity index is 366. The van der Waals surface area contributed by atoms with E-state index in [4.69, 9.17) is 16.9 Å². The van der Waals surface area contributed by atoms with Gasteiger partial charge in [0.15, 0.2) is 4.47 Å². The van der Waals surface area contributed by atoms with Crippen LogP contribution in [0.1, 0.15) is 11.3 Å². The van der Waals surface area contributed by atoms with Crippen LogP contribution in [0.25, 0.3) is 0 Å². The van der Waals surface area contributed by atoms with Gasteiger partial charge in [-0.15, -0.1) is 11.3 Å². The molecule has 14 heavy (non-hydrogen) atoms. The summed E-state index contributed by atoms with van der Waals surface area (Å²) in [4.78, 5) is 8.86. The van der Waals surface area contributed by atoms with Crippen molar-refractivity contribution in [2.45, 2.75) is 13.0 Å². The Balaban J connectivity index is 2.44. The van der Waals surface area contributed by atoms with Gasteiger partial charge in [0.1, 0.15) is 5.84 Å². The lowest BCUT2D eigenvalue weighted by atomic mass is 10.4. The van der Waals surface area contributed by atoms with Gasteiger partial charge in [-0.25, -0.2) is 4.98 Å². The third kappa shape index (κ3) is 3.32. The first kappa shape index (κ1) is 11.0. The van der Waals surface area contributed by atoms with Gasteiger partial charge in [-0.2, -0.15) is 5.26 Å². The van der Waals surface area contributed by atoms with Crippen LogP contribution >= 0.6 is 22.9 Å². The molecular formula is C8H9ClN4S. The third-order valence-electron chi connectivity index (χ3n) is 1.51. The van der Waals surface area contributed by atoms with Crippen LogP contribution in [0.2, 0.25) is 4.47 Å². The van der Waals surface area contributed by atoms with Gasteiger partial charge >= 0.3 is 0 Å². The average Bonchev–Trinajstić information content (AvgIpc) is 2.59. The normalized spacial score (nSPS) is 11.1. The molecule has 1 aromatic heterocycles. The number of halogens is 1. The minimum atomic E-state index is 0.295. The molecule has 1 rings (SSSR count). The highest BCUT2D eigenvalue weighted by molar-refractivity contribution is 7.15. The Morgan fingerprint density at radius 3 is 3.14 bits per heavy atom. The number of nitrogens with one attached hydrogen (secondary N) is 1. The zero-order valence-corrected chi connectivity index (χ0v) is 9.19. The molecule has 0 fully saturated rings. The van der Waals surface area contributed by atoms with E-state index in [0.29, 0.717) is 23.3 Å². The minimum absolute atomic E-state index is 0.295. The number of rotatable bonds is 3. The molecule has 0 radical (unpaired) electrons. The van der Waals surface area contributed by atoms with Crippen LogP contribution in [0, 0.1) is 11.3 Å². The second kappa shape index (κ2) is 5.58. The fourth-order valence-corrected chi connectivity index (χ4v) is 1.77. The van der Waals surface area contributed by atoms with Crippen molar-refractivity contribution >= 4 is 28.8 Å². The van der Waals surface area contributed by atoms with Crippen molar-refractivity contribution in [2.75, 3.05) is 7.05 Å². The standard InChI is InChI=1S/C8H9ClN4S/c1-11-7(2-3-10)12-4-6-5-13-8(9)14-6/h5H,2,4H2,1H3,(H,11,12). The summed E-state index contributed by atoms with van der Waals surface area (Å²) in [6, 6.07) is 2.03. The number of hydrogen-bond donors (Lipinski definition) is 1. The van der Waals surface area contributed by atoms with Gasteiger partial charge in [-0.3, -0.25) is 4.99 Å². The van der Waals surface area contributed by atoms with Crippen molar-refractivity contribution in [1.29, 1.82) is 5.26 Å². The number of nitriles is 1. The zero-order chi connectivity index (χ0) is 10.4. The molecule has 74 valence electrons. The number of hydrogen-bond acceptors (Lipinski definition) is 4. The van der Waals surface area contributed by atoms with Crippen LogP contribution in [0.15, 0.2) is 11.2 Å². The summed E-state index contributed by atoms with van der Waals surface area (Å²) in [5.74, 6) is 0.678. The first-order chi connectivity index (χ1) is 6.76. The third-order valence-corrected chi connectivity index (χ3v) is 2.62. The van der Waals surface area contributed by atoms with Crippen molar-refractivity contribution in [3.8, 4) is 6.07 Å². The van der Waals surface area contributed by atoms with Crippen LogP contribution < -0.4 is 5.32 Å². The molecule has 1 aromatic rings. The number of aliphatic imine (C=N–C) groups is 1. The maximum absolute atomic E-state index is 8.47. The fourth-order valence-electron chi connectivity index (χ4n) is 0.850. The number of thiazole rings is 1. The first-order valence-electron chi connectivity index (χ1n) is 3.93. The summed E-state index contributed by atoms with van der Waals surface area (Å²) < 4.78 is 0.525. The Labute approximate surface area is 91.3 Å². The number of nitrogens with zero attached hydrogens (tertiary/aromatic N) is 3. The van der Waals surface area contributed by atoms with Gasteiger partial charge in [-0.1, -0.05) is 11.6 Å². The molecule has 0 aliphatic heterocycles. The topological polar surface area (TPSA) is 61.1 Å². The highest BCUT2D eigenvalue weighted by atomic mass is 35.5. The summed E-state index contributed by atoms with van der Waals surface area (Å²) in [6.45, 7) is 0.610. The summed E-state index contributed by atoms with van der Waals surface area (Å²) in [7, 11) is 1.65. The predicted molar refractivity (Wildman–Crippen MR) is 57.6 cm³/mol. The molecule has 4 nitrogen and oxygen atoms in total. The molecule has 0 aliphatic carbocycles. The molecule has 0 atom stereocenters. The minimum Gasteiger partial charge on any atom is -0.368 e. The van der Waals surface area contributed by atoms with E-state index >= 15 is 0 Å². The van der Waals surface area contributed by atoms with E-state index in [0.717, 1.165) is 4.88 Å². The lowest BCUT2D eigenvalue weighted by Gasteiger charge is -2.03. The molecule has 0 unspecified atom stereocenters. The molecule has 0 aromatic carbocycles. The molecule has 0 saturated carbocycles. The Hall–Kier alpha value is -1.12. The Kier molecular flexibility index (Phi) is 4.36. The first-order valence-corrected chi connectivity index (χ1v) is 5.12. The molecule has 0 amide bonds. The predicted octanol–water partition coefficient (Wildman–Crippen LogP) is 1.83. The van der Waals surface area contributed by atoms with E-state index in [1.165, 1.54) is 11.3 Å². The highest BCUT2D eigenvalue weighted by Crippen LogP contribution is 2.17. The molecule has 0 aliphatic rings. The van der Waals surface area contributed by atoms with Crippen LogP contribution in [0.5, 0.6) is 0 Å². The largest absolute Gasteiger partial charge is 0.368 e. The van der Waals surface area contributed by atoms with Gasteiger partial charge in [-0.05, 0) is 0 Å². The van der Waals surface area contributed by atoms with E-state index < -0.39 is 0 Å². The van der Waals surface area contributed by atoms with Crippen molar-refractivity contribution in [2.24, 2.45) is 4.99 Å². The summed E-state index contributed by atoms with van der Waals surface area (Å²) in [5.41, 5.74) is 0. The summed E-state index contributed by atoms with van der Waals surface area (Å²) in [6.07, 6.45) is 2.00. The van der Waals surface area contributed by atoms with Crippen LogP contribution in [-0.4, -0.2) is 17.9 Å². The maximum atomic E-state index is 8.47. The second-order valence-corrected chi connectivity index (χ2v) is 4.14. The van der Waals surface area contributed by atoms with E-state index in [9.17, 15) is 0 Å². The Morgan fingerprint density at radius 1 is 1.86 bits per heavy atom. The molecule has 1 N–H and O–H groups in total. The Morgan fingerprint density at radius 2 is 2.64 bits per heavy atom. The summed E-state index contributed by atoms with van der Waals surface area (Å²) in [5, 5.41) is 11.5. The van der Waals surface area contributed by atoms with Gasteiger partial charge < -0.3 is 5.32 Å². The zero-order valence-electron chi connectivity index (χ0n) is 7.62. The maximum Gasteiger partial charge on any atom is 0.183 e. The quantitative estimate of drug-likeness (QED) is 0.634. The SMILES string of the molecule is CN=C(CC#N)NCc1cnc(Cl)s1. The van der Waals surface area contributed by atoms with Crippen molar-refractivity contribution in [1.82, 2.24) is 10.3 Å². The monoisotopic (exact) mass is 228 g/mol. The molecular weight excluding hydrogens is 220 g/mol. The van der Waals surface area contributed by atoms with Crippen LogP contribution in [0.3, 0.4) is 0 Å². The lowest BCUT2D eigenvalue weighted by molar-refractivity contribution is 0.910. The molecule has 0 saturated heterocycles. The summed E-state index contributed by atoms with van der Waals surface area (Å²) >= 11 is 7.08. The molecule has 1 heterocycles. The molecule has 6 heteroatoms. The fraction of sp³-hybridized carbons (Fsp3) is 0.375. The lowest BCUT2D eigenvalue weighted by Crippen LogP contribution is -2.21. The van der Waals surface area contributed by atoms with E-state index in [1.54, 1.807) is 13.2 Å². The molecule has 0 bridgehead atoms. The van der Waals surface area contributed by atoms with E-state index in [2.05, 4.69) is 15.3 Å². The van der Waals surface area contributed by atoms with Gasteiger partial charge in [0.2, 0.25) is 0 Å². The van der Waals surface area contributed by atoms with Crippen molar-refractivity contribution < 1.29 is 0 Å². The van der Waals surface area contributed by atoms with Gasteiger partial charge in [0.05, 0.1) is 19.0 Å². The van der Waals surface area contributed by atoms with E-state index in [1.807, 2.05) is 6.07 Å². The van der Waals surface area contributed by atoms with Crippen LogP contribution in [-0.2, 0) is 6.54 Å². The molecule has 0 spiro atoms. The van der Waals surface area contributed by atoms with Gasteiger partial charge in [0, 0.05) is 18.1 Å². The smallest absolute Gasteiger partial charge is 0.183 e. The highest BCUT2D eigenvalue weighted by Gasteiger charge is 2.01. The average molecular weight is 229 g/mol. The second-order valence-electron chi connectivity index (χ2n) is 2.44. The van der Waals surface area contributed by atoms with Gasteiger partial charge in [0.25, 0.3) is 0 Å². The van der Waals surface area contributed by atoms with Crippen LogP contribution in [0.4, 0.5) is 0 Å².